The minimum Gasteiger partial charge on any atom is -0.449 e. The summed E-state index contributed by atoms with van der Waals surface area (Å²) in [6.45, 7) is 2.52. The molecule has 0 aliphatic carbocycles. The first-order chi connectivity index (χ1) is 6.20. The zero-order valence-corrected chi connectivity index (χ0v) is 9.41. The Kier molecular flexibility index (Phi) is 3.76. The first-order valence-electron chi connectivity index (χ1n) is 4.00. The Hall–Kier alpha value is -0.530. The van der Waals surface area contributed by atoms with Gasteiger partial charge in [0.05, 0.1) is 12.6 Å². The van der Waals surface area contributed by atoms with Crippen LogP contribution in [0.5, 0.6) is 0 Å². The van der Waals surface area contributed by atoms with Gasteiger partial charge in [-0.1, -0.05) is 22.6 Å². The monoisotopic (exact) mass is 298 g/mol. The molecular weight excluding hydrogens is 287 g/mol. The number of hydrogen-bond acceptors (Lipinski definition) is 3. The Labute approximate surface area is 89.9 Å². The second-order valence-corrected chi connectivity index (χ2v) is 3.44. The summed E-state index contributed by atoms with van der Waals surface area (Å²) in [6.07, 6.45) is -0.556. The van der Waals surface area contributed by atoms with E-state index in [1.165, 1.54) is 0 Å². The van der Waals surface area contributed by atoms with E-state index >= 15 is 0 Å². The fraction of sp³-hybridized carbons (Fsp3) is 0.714. The SMILES string of the molecule is CCOC(=O)N1C(=O)NCC1CI. The topological polar surface area (TPSA) is 58.6 Å². The van der Waals surface area contributed by atoms with Gasteiger partial charge in [0, 0.05) is 11.0 Å². The lowest BCUT2D eigenvalue weighted by atomic mass is 10.3. The molecule has 1 saturated heterocycles. The van der Waals surface area contributed by atoms with Crippen molar-refractivity contribution in [3.63, 3.8) is 0 Å². The Morgan fingerprint density at radius 1 is 1.85 bits per heavy atom. The number of carbonyl (C=O) groups is 2. The zero-order chi connectivity index (χ0) is 9.84. The van der Waals surface area contributed by atoms with E-state index in [1.807, 2.05) is 0 Å². The number of carbonyl (C=O) groups excluding carboxylic acids is 2. The van der Waals surface area contributed by atoms with Crippen LogP contribution in [0, 0.1) is 0 Å². The Balaban J connectivity index is 2.63. The van der Waals surface area contributed by atoms with Gasteiger partial charge in [-0.15, -0.1) is 0 Å². The number of imide groups is 1. The molecule has 3 amide bonds. The summed E-state index contributed by atoms with van der Waals surface area (Å²) in [7, 11) is 0. The highest BCUT2D eigenvalue weighted by Gasteiger charge is 2.35. The lowest BCUT2D eigenvalue weighted by Crippen LogP contribution is -2.40. The van der Waals surface area contributed by atoms with Crippen molar-refractivity contribution in [1.82, 2.24) is 10.2 Å². The number of alkyl halides is 1. The van der Waals surface area contributed by atoms with Crippen LogP contribution in [0.3, 0.4) is 0 Å². The van der Waals surface area contributed by atoms with Crippen molar-refractivity contribution in [3.05, 3.63) is 0 Å². The van der Waals surface area contributed by atoms with Crippen LogP contribution in [-0.2, 0) is 4.74 Å². The smallest absolute Gasteiger partial charge is 0.418 e. The molecular formula is C7H11IN2O3. The lowest BCUT2D eigenvalue weighted by molar-refractivity contribution is 0.114. The van der Waals surface area contributed by atoms with E-state index in [-0.39, 0.29) is 18.7 Å². The Morgan fingerprint density at radius 2 is 2.54 bits per heavy atom. The average Bonchev–Trinajstić information content (AvgIpc) is 2.47. The second-order valence-electron chi connectivity index (χ2n) is 2.56. The van der Waals surface area contributed by atoms with Gasteiger partial charge < -0.3 is 10.1 Å². The van der Waals surface area contributed by atoms with E-state index in [9.17, 15) is 9.59 Å². The van der Waals surface area contributed by atoms with Crippen LogP contribution in [-0.4, -0.2) is 40.6 Å². The molecule has 1 fully saturated rings. The van der Waals surface area contributed by atoms with Crippen molar-refractivity contribution in [3.8, 4) is 0 Å². The van der Waals surface area contributed by atoms with Gasteiger partial charge in [0.2, 0.25) is 0 Å². The quantitative estimate of drug-likeness (QED) is 0.610. The van der Waals surface area contributed by atoms with Gasteiger partial charge in [-0.3, -0.25) is 0 Å². The van der Waals surface area contributed by atoms with Crippen molar-refractivity contribution in [2.45, 2.75) is 13.0 Å². The molecule has 0 aromatic heterocycles. The summed E-state index contributed by atoms with van der Waals surface area (Å²) >= 11 is 2.13. The van der Waals surface area contributed by atoms with Crippen LogP contribution >= 0.6 is 22.6 Å². The van der Waals surface area contributed by atoms with E-state index in [2.05, 4.69) is 27.9 Å². The maximum Gasteiger partial charge on any atom is 0.418 e. The molecule has 6 heteroatoms. The molecule has 0 aromatic carbocycles. The molecule has 1 aliphatic rings. The first-order valence-corrected chi connectivity index (χ1v) is 5.53. The van der Waals surface area contributed by atoms with Crippen molar-refractivity contribution in [1.29, 1.82) is 0 Å². The standard InChI is InChI=1S/C7H11IN2O3/c1-2-13-7(12)10-5(3-8)4-9-6(10)11/h5H,2-4H2,1H3,(H,9,11). The molecule has 0 saturated carbocycles. The molecule has 1 N–H and O–H groups in total. The molecule has 5 nitrogen and oxygen atoms in total. The maximum absolute atomic E-state index is 11.3. The highest BCUT2D eigenvalue weighted by atomic mass is 127. The van der Waals surface area contributed by atoms with E-state index in [4.69, 9.17) is 4.74 Å². The van der Waals surface area contributed by atoms with E-state index in [0.717, 1.165) is 9.33 Å². The molecule has 0 bridgehead atoms. The summed E-state index contributed by atoms with van der Waals surface area (Å²) < 4.78 is 5.47. The summed E-state index contributed by atoms with van der Waals surface area (Å²) in [5.74, 6) is 0. The van der Waals surface area contributed by atoms with Crippen LogP contribution in [0.2, 0.25) is 0 Å². The van der Waals surface area contributed by atoms with Crippen molar-refractivity contribution >= 4 is 34.7 Å². The van der Waals surface area contributed by atoms with Gasteiger partial charge in [0.1, 0.15) is 0 Å². The predicted octanol–water partition coefficient (Wildman–Crippen LogP) is 0.972. The minimum absolute atomic E-state index is 0.0767. The number of halogens is 1. The molecule has 0 spiro atoms. The molecule has 1 unspecified atom stereocenters. The molecule has 1 rings (SSSR count). The van der Waals surface area contributed by atoms with Crippen molar-refractivity contribution in [2.75, 3.05) is 17.6 Å². The number of ether oxygens (including phenoxy) is 1. The van der Waals surface area contributed by atoms with Crippen LogP contribution < -0.4 is 5.32 Å². The number of urea groups is 1. The third-order valence-corrected chi connectivity index (χ3v) is 2.73. The van der Waals surface area contributed by atoms with E-state index in [1.54, 1.807) is 6.92 Å². The summed E-state index contributed by atoms with van der Waals surface area (Å²) in [5, 5.41) is 2.59. The fourth-order valence-electron chi connectivity index (χ4n) is 1.10. The first kappa shape index (κ1) is 10.6. The lowest BCUT2D eigenvalue weighted by Gasteiger charge is -2.17. The maximum atomic E-state index is 11.3. The largest absolute Gasteiger partial charge is 0.449 e. The number of rotatable bonds is 2. The summed E-state index contributed by atoms with van der Waals surface area (Å²) in [6, 6.07) is -0.438. The molecule has 74 valence electrons. The van der Waals surface area contributed by atoms with Gasteiger partial charge >= 0.3 is 12.1 Å². The number of nitrogens with zero attached hydrogens (tertiary/aromatic N) is 1. The average molecular weight is 298 g/mol. The highest BCUT2D eigenvalue weighted by molar-refractivity contribution is 14.1. The molecule has 13 heavy (non-hydrogen) atoms. The van der Waals surface area contributed by atoms with Gasteiger partial charge in [0.15, 0.2) is 0 Å². The van der Waals surface area contributed by atoms with Crippen molar-refractivity contribution < 1.29 is 14.3 Å². The van der Waals surface area contributed by atoms with Crippen LogP contribution in [0.15, 0.2) is 0 Å². The van der Waals surface area contributed by atoms with Crippen LogP contribution in [0.1, 0.15) is 6.92 Å². The molecule has 1 aliphatic heterocycles. The zero-order valence-electron chi connectivity index (χ0n) is 7.25. The third-order valence-electron chi connectivity index (χ3n) is 1.72. The Morgan fingerprint density at radius 3 is 3.08 bits per heavy atom. The van der Waals surface area contributed by atoms with Crippen LogP contribution in [0.4, 0.5) is 9.59 Å². The van der Waals surface area contributed by atoms with E-state index in [0.29, 0.717) is 6.54 Å². The van der Waals surface area contributed by atoms with Gasteiger partial charge in [-0.25, -0.2) is 14.5 Å². The number of hydrogen-bond donors (Lipinski definition) is 1. The van der Waals surface area contributed by atoms with E-state index < -0.39 is 6.09 Å². The highest BCUT2D eigenvalue weighted by Crippen LogP contribution is 2.11. The van der Waals surface area contributed by atoms with Crippen molar-refractivity contribution in [2.24, 2.45) is 0 Å². The predicted molar refractivity (Wildman–Crippen MR) is 54.9 cm³/mol. The molecule has 0 radical (unpaired) electrons. The Bertz CT molecular complexity index is 222. The van der Waals surface area contributed by atoms with Gasteiger partial charge in [-0.05, 0) is 6.92 Å². The second kappa shape index (κ2) is 4.64. The minimum atomic E-state index is -0.556. The summed E-state index contributed by atoms with van der Waals surface area (Å²) in [5.41, 5.74) is 0. The number of nitrogens with one attached hydrogen (secondary N) is 1. The molecule has 0 aromatic rings. The van der Waals surface area contributed by atoms with Crippen LogP contribution in [0.25, 0.3) is 0 Å². The molecule has 1 atom stereocenters. The third kappa shape index (κ3) is 2.23. The number of amides is 3. The summed E-state index contributed by atoms with van der Waals surface area (Å²) in [4.78, 5) is 23.6. The normalized spacial score (nSPS) is 21.5. The molecule has 1 heterocycles. The van der Waals surface area contributed by atoms with Gasteiger partial charge in [0.25, 0.3) is 0 Å². The fourth-order valence-corrected chi connectivity index (χ4v) is 1.80. The van der Waals surface area contributed by atoms with Gasteiger partial charge in [-0.2, -0.15) is 0 Å².